The summed E-state index contributed by atoms with van der Waals surface area (Å²) in [7, 11) is 0. The van der Waals surface area contributed by atoms with Gasteiger partial charge < -0.3 is 18.9 Å². The molecule has 5 aromatic carbocycles. The van der Waals surface area contributed by atoms with Crippen molar-refractivity contribution in [3.63, 3.8) is 0 Å². The Morgan fingerprint density at radius 1 is 0.486 bits per heavy atom. The van der Waals surface area contributed by atoms with Crippen LogP contribution in [-0.2, 0) is 0 Å². The van der Waals surface area contributed by atoms with E-state index in [0.717, 1.165) is 16.7 Å². The molecule has 0 N–H and O–H groups in total. The van der Waals surface area contributed by atoms with Crippen LogP contribution in [-0.4, -0.2) is 12.3 Å². The van der Waals surface area contributed by atoms with Crippen molar-refractivity contribution in [2.75, 3.05) is 0 Å². The average molecular weight is 493 g/mol. The molecule has 37 heavy (non-hydrogen) atoms. The number of ether oxygens (including phenoxy) is 4. The van der Waals surface area contributed by atoms with Crippen LogP contribution in [0.1, 0.15) is 16.7 Å². The first-order valence-electron chi connectivity index (χ1n) is 11.8. The Morgan fingerprint density at radius 2 is 0.946 bits per heavy atom. The third-order valence-electron chi connectivity index (χ3n) is 5.98. The maximum atomic E-state index is 12.8. The monoisotopic (exact) mass is 492 g/mol. The fraction of sp³-hybridized carbons (Fsp3) is 0.0968. The Labute approximate surface area is 214 Å². The van der Waals surface area contributed by atoms with Gasteiger partial charge in [-0.25, -0.2) is 9.59 Å². The zero-order valence-corrected chi connectivity index (χ0v) is 20.6. The normalized spacial score (nSPS) is 10.8. The molecule has 0 atom stereocenters. The van der Waals surface area contributed by atoms with E-state index in [1.165, 1.54) is 0 Å². The van der Waals surface area contributed by atoms with E-state index in [0.29, 0.717) is 44.5 Å². The van der Waals surface area contributed by atoms with Crippen LogP contribution in [0.2, 0.25) is 0 Å². The number of benzene rings is 5. The van der Waals surface area contributed by atoms with Gasteiger partial charge in [0.1, 0.15) is 17.2 Å². The average Bonchev–Trinajstić information content (AvgIpc) is 2.89. The van der Waals surface area contributed by atoms with Crippen molar-refractivity contribution in [3.05, 3.63) is 108 Å². The fourth-order valence-corrected chi connectivity index (χ4v) is 4.15. The zero-order chi connectivity index (χ0) is 25.9. The van der Waals surface area contributed by atoms with Gasteiger partial charge >= 0.3 is 12.3 Å². The van der Waals surface area contributed by atoms with Gasteiger partial charge in [0.15, 0.2) is 5.75 Å². The first-order valence-corrected chi connectivity index (χ1v) is 11.8. The molecule has 0 bridgehead atoms. The van der Waals surface area contributed by atoms with Gasteiger partial charge in [0, 0.05) is 21.5 Å². The maximum absolute atomic E-state index is 12.8. The highest BCUT2D eigenvalue weighted by Gasteiger charge is 2.22. The molecule has 0 aliphatic carbocycles. The predicted octanol–water partition coefficient (Wildman–Crippen LogP) is 8.07. The smallest absolute Gasteiger partial charge is 0.395 e. The van der Waals surface area contributed by atoms with Crippen LogP contribution < -0.4 is 18.9 Å². The molecule has 0 heterocycles. The summed E-state index contributed by atoms with van der Waals surface area (Å²) >= 11 is 0. The molecule has 6 nitrogen and oxygen atoms in total. The molecule has 0 amide bonds. The zero-order valence-electron chi connectivity index (χ0n) is 20.6. The standard InChI is InChI=1S/C31H24O6/c1-19-11-15-22(16-12-19)34-30(32)36-28-24-8-4-5-9-25(24)29(27-21(3)7-6-10-26(27)28)37-31(33)35-23-17-13-20(2)14-18-23/h4-18H,1-3H3. The van der Waals surface area contributed by atoms with E-state index >= 15 is 0 Å². The van der Waals surface area contributed by atoms with Crippen LogP contribution in [0, 0.1) is 20.8 Å². The maximum Gasteiger partial charge on any atom is 0.519 e. The molecule has 0 saturated heterocycles. The Morgan fingerprint density at radius 3 is 1.49 bits per heavy atom. The van der Waals surface area contributed by atoms with Crippen molar-refractivity contribution in [2.45, 2.75) is 20.8 Å². The summed E-state index contributed by atoms with van der Waals surface area (Å²) < 4.78 is 22.4. The van der Waals surface area contributed by atoms with Crippen LogP contribution in [0.5, 0.6) is 23.0 Å². The van der Waals surface area contributed by atoms with Crippen molar-refractivity contribution >= 4 is 33.9 Å². The quantitative estimate of drug-likeness (QED) is 0.143. The summed E-state index contributed by atoms with van der Waals surface area (Å²) in [6.45, 7) is 5.79. The Hall–Kier alpha value is -4.84. The second-order valence-electron chi connectivity index (χ2n) is 8.74. The Balaban J connectivity index is 1.55. The van der Waals surface area contributed by atoms with E-state index in [1.807, 2.05) is 69.3 Å². The highest BCUT2D eigenvalue weighted by atomic mass is 16.7. The number of aryl methyl sites for hydroxylation is 3. The van der Waals surface area contributed by atoms with Gasteiger partial charge in [0.2, 0.25) is 0 Å². The molecule has 5 rings (SSSR count). The molecule has 0 aromatic heterocycles. The van der Waals surface area contributed by atoms with Gasteiger partial charge in [0.05, 0.1) is 0 Å². The third-order valence-corrected chi connectivity index (χ3v) is 5.98. The molecule has 184 valence electrons. The van der Waals surface area contributed by atoms with E-state index in [1.54, 1.807) is 42.5 Å². The first kappa shape index (κ1) is 23.9. The van der Waals surface area contributed by atoms with E-state index in [2.05, 4.69) is 0 Å². The molecule has 0 unspecified atom stereocenters. The van der Waals surface area contributed by atoms with Crippen molar-refractivity contribution in [1.82, 2.24) is 0 Å². The summed E-state index contributed by atoms with van der Waals surface area (Å²) in [6, 6.07) is 27.0. The van der Waals surface area contributed by atoms with Gasteiger partial charge in [0.25, 0.3) is 0 Å². The molecule has 0 saturated carbocycles. The van der Waals surface area contributed by atoms with E-state index in [-0.39, 0.29) is 0 Å². The van der Waals surface area contributed by atoms with Crippen LogP contribution in [0.4, 0.5) is 9.59 Å². The summed E-state index contributed by atoms with van der Waals surface area (Å²) in [5, 5.41) is 2.39. The Kier molecular flexibility index (Phi) is 6.47. The van der Waals surface area contributed by atoms with E-state index in [4.69, 9.17) is 18.9 Å². The fourth-order valence-electron chi connectivity index (χ4n) is 4.15. The van der Waals surface area contributed by atoms with E-state index in [9.17, 15) is 9.59 Å². The molecular formula is C31H24O6. The number of rotatable bonds is 4. The lowest BCUT2D eigenvalue weighted by molar-refractivity contribution is 0.151. The molecule has 5 aromatic rings. The minimum atomic E-state index is -0.871. The molecule has 0 spiro atoms. The number of hydrogen-bond acceptors (Lipinski definition) is 6. The summed E-state index contributed by atoms with van der Waals surface area (Å²) in [5.41, 5.74) is 2.92. The van der Waals surface area contributed by atoms with Crippen LogP contribution in [0.15, 0.2) is 91.0 Å². The van der Waals surface area contributed by atoms with E-state index < -0.39 is 12.3 Å². The summed E-state index contributed by atoms with van der Waals surface area (Å²) in [6.07, 6.45) is -1.74. The van der Waals surface area contributed by atoms with Gasteiger partial charge in [-0.2, -0.15) is 0 Å². The lowest BCUT2D eigenvalue weighted by Gasteiger charge is -2.17. The van der Waals surface area contributed by atoms with Gasteiger partial charge in [-0.3, -0.25) is 0 Å². The van der Waals surface area contributed by atoms with Gasteiger partial charge in [-0.1, -0.05) is 77.9 Å². The van der Waals surface area contributed by atoms with Gasteiger partial charge in [-0.15, -0.1) is 0 Å². The molecule has 0 fully saturated rings. The Bertz CT molecular complexity index is 1620. The van der Waals surface area contributed by atoms with Gasteiger partial charge in [-0.05, 0) is 50.6 Å². The number of carbonyl (C=O) groups is 2. The van der Waals surface area contributed by atoms with Crippen LogP contribution >= 0.6 is 0 Å². The molecule has 6 heteroatoms. The molecule has 0 aliphatic rings. The minimum absolute atomic E-state index is 0.311. The highest BCUT2D eigenvalue weighted by Crippen LogP contribution is 2.44. The topological polar surface area (TPSA) is 71.1 Å². The number of hydrogen-bond donors (Lipinski definition) is 0. The lowest BCUT2D eigenvalue weighted by Crippen LogP contribution is -2.16. The summed E-state index contributed by atoms with van der Waals surface area (Å²) in [4.78, 5) is 25.6. The second kappa shape index (κ2) is 10.0. The summed E-state index contributed by atoms with van der Waals surface area (Å²) in [5.74, 6) is 1.38. The van der Waals surface area contributed by atoms with Crippen molar-refractivity contribution in [2.24, 2.45) is 0 Å². The van der Waals surface area contributed by atoms with Crippen molar-refractivity contribution < 1.29 is 28.5 Å². The number of fused-ring (bicyclic) bond motifs is 2. The highest BCUT2D eigenvalue weighted by molar-refractivity contribution is 6.13. The largest absolute Gasteiger partial charge is 0.519 e. The van der Waals surface area contributed by atoms with Crippen molar-refractivity contribution in [3.8, 4) is 23.0 Å². The molecular weight excluding hydrogens is 468 g/mol. The van der Waals surface area contributed by atoms with Crippen molar-refractivity contribution in [1.29, 1.82) is 0 Å². The minimum Gasteiger partial charge on any atom is -0.395 e. The lowest BCUT2D eigenvalue weighted by atomic mass is 9.97. The number of carbonyl (C=O) groups excluding carboxylic acids is 2. The first-order chi connectivity index (χ1) is 17.9. The SMILES string of the molecule is Cc1ccc(OC(=O)Oc2c3ccccc3c(OC(=O)Oc3ccc(C)cc3)c3c(C)cccc23)cc1. The van der Waals surface area contributed by atoms with Crippen LogP contribution in [0.25, 0.3) is 21.5 Å². The third kappa shape index (κ3) is 5.09. The molecule has 0 radical (unpaired) electrons. The molecule has 0 aliphatic heterocycles. The van der Waals surface area contributed by atoms with Crippen LogP contribution in [0.3, 0.4) is 0 Å². The predicted molar refractivity (Wildman–Crippen MR) is 142 cm³/mol. The second-order valence-corrected chi connectivity index (χ2v) is 8.74.